The molecular weight excluding hydrogens is 649 g/mol. The van der Waals surface area contributed by atoms with E-state index in [1.807, 2.05) is 36.4 Å². The number of ether oxygens (including phenoxy) is 1. The molecule has 8 heteroatoms. The summed E-state index contributed by atoms with van der Waals surface area (Å²) in [6.07, 6.45) is 3.65. The van der Waals surface area contributed by atoms with Gasteiger partial charge in [0.1, 0.15) is 16.4 Å². The number of allylic oxidation sites excluding steroid dienone is 3. The molecule has 0 amide bonds. The van der Waals surface area contributed by atoms with E-state index in [0.29, 0.717) is 12.2 Å². The number of sulfone groups is 1. The number of fused-ring (bicyclic) bond motifs is 2. The quantitative estimate of drug-likeness (QED) is 0.150. The van der Waals surface area contributed by atoms with Gasteiger partial charge in [0.2, 0.25) is 0 Å². The van der Waals surface area contributed by atoms with Gasteiger partial charge < -0.3 is 9.16 Å². The minimum Gasteiger partial charge on any atom is -0.500 e. The van der Waals surface area contributed by atoms with Gasteiger partial charge in [-0.1, -0.05) is 126 Å². The summed E-state index contributed by atoms with van der Waals surface area (Å²) in [5.41, 5.74) is -4.10. The van der Waals surface area contributed by atoms with Crippen LogP contribution in [-0.4, -0.2) is 47.3 Å². The Morgan fingerprint density at radius 3 is 1.82 bits per heavy atom. The monoisotopic (exact) mass is 696 g/mol. The summed E-state index contributed by atoms with van der Waals surface area (Å²) < 4.78 is 43.0. The molecule has 5 rings (SSSR count). The zero-order valence-corrected chi connectivity index (χ0v) is 31.3. The van der Waals surface area contributed by atoms with Crippen LogP contribution in [0.25, 0.3) is 0 Å². The van der Waals surface area contributed by atoms with Gasteiger partial charge in [-0.05, 0) is 52.4 Å². The number of hydrogen-bond acceptors (Lipinski definition) is 6. The van der Waals surface area contributed by atoms with Crippen molar-refractivity contribution >= 4 is 40.1 Å². The maximum Gasteiger partial charge on any atom is 0.261 e. The standard InChI is InChI=1S/C41H48O6SSi/c1-9-20-30-28-40(27-10-2)36(48(44,45)31-21-14-11-15-22-31)34(42)39(6,7)41(37(40)43,35(30)46-8)29-47-49(38(3,4)5,32-23-16-12-17-24-32)33-25-18-13-19-26-33/h9-19,21-26,36H,1-2,20,27-29H2,3-8H3/t36?,40-,41-/m0/s1. The molecule has 3 aromatic rings. The zero-order chi connectivity index (χ0) is 35.9. The highest BCUT2D eigenvalue weighted by Gasteiger charge is 2.76. The van der Waals surface area contributed by atoms with Gasteiger partial charge in [-0.2, -0.15) is 0 Å². The molecule has 2 aliphatic carbocycles. The van der Waals surface area contributed by atoms with E-state index < -0.39 is 50.5 Å². The summed E-state index contributed by atoms with van der Waals surface area (Å²) in [4.78, 5) is 31.0. The molecule has 0 N–H and O–H groups in total. The normalized spacial score (nSPS) is 24.0. The molecule has 0 spiro atoms. The van der Waals surface area contributed by atoms with Gasteiger partial charge in [-0.25, -0.2) is 8.42 Å². The third-order valence-electron chi connectivity index (χ3n) is 10.9. The van der Waals surface area contributed by atoms with Crippen LogP contribution in [-0.2, 0) is 28.6 Å². The maximum atomic E-state index is 15.8. The molecule has 0 saturated heterocycles. The van der Waals surface area contributed by atoms with Crippen LogP contribution in [0.2, 0.25) is 5.04 Å². The smallest absolute Gasteiger partial charge is 0.261 e. The van der Waals surface area contributed by atoms with Crippen LogP contribution in [0.3, 0.4) is 0 Å². The van der Waals surface area contributed by atoms with E-state index in [4.69, 9.17) is 9.16 Å². The second kappa shape index (κ2) is 13.1. The highest BCUT2D eigenvalue weighted by Crippen LogP contribution is 2.65. The number of carbonyl (C=O) groups excluding carboxylic acids is 2. The van der Waals surface area contributed by atoms with Crippen molar-refractivity contribution in [3.05, 3.63) is 128 Å². The summed E-state index contributed by atoms with van der Waals surface area (Å²) in [5.74, 6) is -0.531. The van der Waals surface area contributed by atoms with Crippen LogP contribution in [0.1, 0.15) is 53.9 Å². The Kier molecular flexibility index (Phi) is 9.75. The van der Waals surface area contributed by atoms with Gasteiger partial charge in [0.25, 0.3) is 8.32 Å². The molecule has 2 aliphatic rings. The Balaban J connectivity index is 1.84. The first-order valence-electron chi connectivity index (χ1n) is 16.7. The Bertz CT molecular complexity index is 1840. The Hall–Kier alpha value is -3.85. The first kappa shape index (κ1) is 36.4. The van der Waals surface area contributed by atoms with Crippen molar-refractivity contribution in [1.82, 2.24) is 0 Å². The summed E-state index contributed by atoms with van der Waals surface area (Å²) >= 11 is 0. The lowest BCUT2D eigenvalue weighted by molar-refractivity contribution is -0.170. The van der Waals surface area contributed by atoms with E-state index in [1.54, 1.807) is 44.2 Å². The van der Waals surface area contributed by atoms with Gasteiger partial charge in [-0.3, -0.25) is 9.59 Å². The second-order valence-electron chi connectivity index (χ2n) is 14.9. The molecule has 0 radical (unpaired) electrons. The number of ketones is 2. The minimum atomic E-state index is -4.33. The average molecular weight is 697 g/mol. The molecule has 1 unspecified atom stereocenters. The molecule has 2 bridgehead atoms. The van der Waals surface area contributed by atoms with Crippen molar-refractivity contribution in [2.75, 3.05) is 13.7 Å². The first-order valence-corrected chi connectivity index (χ1v) is 20.2. The highest BCUT2D eigenvalue weighted by molar-refractivity contribution is 7.93. The van der Waals surface area contributed by atoms with Crippen molar-refractivity contribution in [3.8, 4) is 0 Å². The van der Waals surface area contributed by atoms with Crippen LogP contribution in [0, 0.1) is 16.2 Å². The summed E-state index contributed by atoms with van der Waals surface area (Å²) in [6, 6.07) is 28.1. The van der Waals surface area contributed by atoms with E-state index in [9.17, 15) is 8.42 Å². The van der Waals surface area contributed by atoms with Crippen molar-refractivity contribution in [2.45, 2.75) is 69.1 Å². The average Bonchev–Trinajstić information content (AvgIpc) is 3.07. The van der Waals surface area contributed by atoms with Crippen LogP contribution < -0.4 is 10.4 Å². The van der Waals surface area contributed by atoms with Crippen molar-refractivity contribution < 1.29 is 27.2 Å². The number of benzene rings is 3. The van der Waals surface area contributed by atoms with Gasteiger partial charge in [0, 0.05) is 5.41 Å². The SMILES string of the molecule is C=CCC1=C(OC)[C@@]2(CO[Si](c3ccccc3)(c3ccccc3)C(C)(C)C)C(=O)[C@@](CC=C)(C1)C(S(=O)(=O)c1ccccc1)C(=O)C2(C)C. The third kappa shape index (κ3) is 5.34. The Morgan fingerprint density at radius 1 is 0.857 bits per heavy atom. The van der Waals surface area contributed by atoms with Gasteiger partial charge >= 0.3 is 0 Å². The molecule has 3 aromatic carbocycles. The van der Waals surface area contributed by atoms with Crippen LogP contribution in [0.15, 0.2) is 133 Å². The lowest BCUT2D eigenvalue weighted by Crippen LogP contribution is -2.74. The highest BCUT2D eigenvalue weighted by atomic mass is 32.2. The van der Waals surface area contributed by atoms with E-state index in [1.165, 1.54) is 19.2 Å². The minimum absolute atomic E-state index is 0.00300. The van der Waals surface area contributed by atoms with Crippen molar-refractivity contribution in [2.24, 2.45) is 16.2 Å². The molecular formula is C41H48O6SSi. The lowest BCUT2D eigenvalue weighted by atomic mass is 9.44. The number of rotatable bonds is 12. The van der Waals surface area contributed by atoms with E-state index in [0.717, 1.165) is 15.9 Å². The third-order valence-corrected chi connectivity index (χ3v) is 18.1. The molecule has 0 aliphatic heterocycles. The zero-order valence-electron chi connectivity index (χ0n) is 29.5. The molecule has 1 fully saturated rings. The van der Waals surface area contributed by atoms with Crippen LogP contribution in [0.4, 0.5) is 0 Å². The fourth-order valence-electron chi connectivity index (χ4n) is 8.60. The molecule has 49 heavy (non-hydrogen) atoms. The van der Waals surface area contributed by atoms with Crippen LogP contribution >= 0.6 is 0 Å². The van der Waals surface area contributed by atoms with Gasteiger partial charge in [0.05, 0.1) is 24.0 Å². The molecule has 1 saturated carbocycles. The van der Waals surface area contributed by atoms with E-state index >= 15 is 9.59 Å². The molecule has 0 heterocycles. The predicted octanol–water partition coefficient (Wildman–Crippen LogP) is 7.01. The molecule has 258 valence electrons. The number of Topliss-reactive ketones (excluding diaryl/α,β-unsaturated/α-hetero) is 2. The lowest BCUT2D eigenvalue weighted by Gasteiger charge is -2.60. The predicted molar refractivity (Wildman–Crippen MR) is 198 cm³/mol. The summed E-state index contributed by atoms with van der Waals surface area (Å²) in [5, 5.41) is -0.0264. The fraction of sp³-hybridized carbons (Fsp3) is 0.366. The van der Waals surface area contributed by atoms with Crippen molar-refractivity contribution in [3.63, 3.8) is 0 Å². The second-order valence-corrected chi connectivity index (χ2v) is 21.2. The van der Waals surface area contributed by atoms with Crippen LogP contribution in [0.5, 0.6) is 0 Å². The van der Waals surface area contributed by atoms with Gasteiger partial charge in [-0.15, -0.1) is 13.2 Å². The molecule has 0 aromatic heterocycles. The number of methoxy groups -OCH3 is 1. The first-order chi connectivity index (χ1) is 23.1. The topological polar surface area (TPSA) is 86.7 Å². The molecule has 6 nitrogen and oxygen atoms in total. The van der Waals surface area contributed by atoms with E-state index in [-0.39, 0.29) is 30.1 Å². The van der Waals surface area contributed by atoms with E-state index in [2.05, 4.69) is 58.2 Å². The Labute approximate surface area is 293 Å². The van der Waals surface area contributed by atoms with Crippen molar-refractivity contribution in [1.29, 1.82) is 0 Å². The summed E-state index contributed by atoms with van der Waals surface area (Å²) in [6.45, 7) is 17.6. The summed E-state index contributed by atoms with van der Waals surface area (Å²) in [7, 11) is -6.05. The maximum absolute atomic E-state index is 15.8. The number of carbonyl (C=O) groups is 2. The van der Waals surface area contributed by atoms with Gasteiger partial charge in [0.15, 0.2) is 21.4 Å². The largest absolute Gasteiger partial charge is 0.500 e. The Morgan fingerprint density at radius 2 is 1.37 bits per heavy atom. The number of hydrogen-bond donors (Lipinski definition) is 0. The molecule has 3 atom stereocenters. The fourth-order valence-corrected chi connectivity index (χ4v) is 15.5.